The zero-order valence-corrected chi connectivity index (χ0v) is 19.6. The number of cyclic esters (lactones) is 1. The number of carbonyl (C=O) groups excluding carboxylic acids is 3. The Kier molecular flexibility index (Phi) is 7.12. The van der Waals surface area contributed by atoms with Gasteiger partial charge in [0.2, 0.25) is 5.91 Å². The summed E-state index contributed by atoms with van der Waals surface area (Å²) in [6, 6.07) is 9.33. The summed E-state index contributed by atoms with van der Waals surface area (Å²) in [5.74, 6) is -0.297. The molecule has 0 radical (unpaired) electrons. The normalized spacial score (nSPS) is 23.6. The fourth-order valence-electron chi connectivity index (χ4n) is 4.06. The maximum atomic E-state index is 13.8. The number of imide groups is 1. The Hall–Kier alpha value is -2.61. The van der Waals surface area contributed by atoms with Crippen LogP contribution in [0.25, 0.3) is 0 Å². The molecule has 0 saturated carbocycles. The van der Waals surface area contributed by atoms with Gasteiger partial charge in [-0.3, -0.25) is 4.79 Å². The third kappa shape index (κ3) is 5.41. The monoisotopic (exact) mass is 446 g/mol. The Morgan fingerprint density at radius 1 is 1.22 bits per heavy atom. The van der Waals surface area contributed by atoms with E-state index in [9.17, 15) is 14.4 Å². The van der Waals surface area contributed by atoms with Gasteiger partial charge in [0.1, 0.15) is 12.2 Å². The maximum Gasteiger partial charge on any atom is 0.417 e. The Morgan fingerprint density at radius 2 is 1.91 bits per heavy atom. The first-order valence-corrected chi connectivity index (χ1v) is 11.1. The number of nitrogens with zero attached hydrogens (tertiary/aromatic N) is 2. The molecule has 3 rings (SSSR count). The SMILES string of the molecule is CC(C)C1COC(=O)N1C(=O)C1(COCc2ccccc2)CCN(C(=O)OC(C)(C)C)C1. The van der Waals surface area contributed by atoms with Crippen LogP contribution in [0.5, 0.6) is 0 Å². The van der Waals surface area contributed by atoms with Crippen LogP contribution in [0.2, 0.25) is 0 Å². The molecule has 2 heterocycles. The average molecular weight is 447 g/mol. The lowest BCUT2D eigenvalue weighted by Gasteiger charge is -2.33. The summed E-state index contributed by atoms with van der Waals surface area (Å²) in [4.78, 5) is 41.7. The predicted molar refractivity (Wildman–Crippen MR) is 118 cm³/mol. The van der Waals surface area contributed by atoms with E-state index < -0.39 is 23.2 Å². The van der Waals surface area contributed by atoms with Crippen molar-refractivity contribution in [2.75, 3.05) is 26.3 Å². The number of benzene rings is 1. The van der Waals surface area contributed by atoms with Crippen molar-refractivity contribution in [2.45, 2.75) is 59.3 Å². The van der Waals surface area contributed by atoms with Crippen LogP contribution >= 0.6 is 0 Å². The highest BCUT2D eigenvalue weighted by Gasteiger charge is 2.53. The van der Waals surface area contributed by atoms with Crippen molar-refractivity contribution in [1.82, 2.24) is 9.80 Å². The summed E-state index contributed by atoms with van der Waals surface area (Å²) < 4.78 is 16.7. The number of rotatable bonds is 6. The van der Waals surface area contributed by atoms with E-state index in [2.05, 4.69) is 0 Å². The van der Waals surface area contributed by atoms with Gasteiger partial charge in [-0.15, -0.1) is 0 Å². The van der Waals surface area contributed by atoms with E-state index in [1.165, 1.54) is 9.80 Å². The molecule has 0 aromatic heterocycles. The van der Waals surface area contributed by atoms with Crippen molar-refractivity contribution in [2.24, 2.45) is 11.3 Å². The lowest BCUT2D eigenvalue weighted by Crippen LogP contribution is -2.53. The third-order valence-electron chi connectivity index (χ3n) is 5.84. The molecule has 0 spiro atoms. The van der Waals surface area contributed by atoms with Crippen LogP contribution in [0.4, 0.5) is 9.59 Å². The number of ether oxygens (including phenoxy) is 3. The second-order valence-electron chi connectivity index (χ2n) is 9.97. The fraction of sp³-hybridized carbons (Fsp3) is 0.625. The molecule has 0 bridgehead atoms. The summed E-state index contributed by atoms with van der Waals surface area (Å²) in [6.07, 6.45) is -0.722. The van der Waals surface area contributed by atoms with E-state index in [4.69, 9.17) is 14.2 Å². The van der Waals surface area contributed by atoms with Crippen LogP contribution in [0.1, 0.15) is 46.6 Å². The summed E-state index contributed by atoms with van der Waals surface area (Å²) in [6.45, 7) is 10.4. The highest BCUT2D eigenvalue weighted by atomic mass is 16.6. The average Bonchev–Trinajstić information content (AvgIpc) is 3.32. The molecule has 1 aromatic carbocycles. The summed E-state index contributed by atoms with van der Waals surface area (Å²) in [7, 11) is 0. The first-order chi connectivity index (χ1) is 15.0. The van der Waals surface area contributed by atoms with Gasteiger partial charge in [0.15, 0.2) is 0 Å². The van der Waals surface area contributed by atoms with Gasteiger partial charge in [-0.2, -0.15) is 0 Å². The van der Waals surface area contributed by atoms with Crippen molar-refractivity contribution in [3.8, 4) is 0 Å². The van der Waals surface area contributed by atoms with Crippen LogP contribution < -0.4 is 0 Å². The Bertz CT molecular complexity index is 835. The Morgan fingerprint density at radius 3 is 2.53 bits per heavy atom. The molecule has 0 aliphatic carbocycles. The maximum absolute atomic E-state index is 13.8. The minimum absolute atomic E-state index is 0.0519. The quantitative estimate of drug-likeness (QED) is 0.660. The molecule has 0 N–H and O–H groups in total. The molecule has 176 valence electrons. The summed E-state index contributed by atoms with van der Waals surface area (Å²) in [5, 5.41) is 0. The van der Waals surface area contributed by atoms with Gasteiger partial charge in [-0.1, -0.05) is 44.2 Å². The van der Waals surface area contributed by atoms with Crippen LogP contribution in [0.3, 0.4) is 0 Å². The van der Waals surface area contributed by atoms with Gasteiger partial charge in [-0.05, 0) is 38.7 Å². The second kappa shape index (κ2) is 9.48. The zero-order chi connectivity index (χ0) is 23.5. The van der Waals surface area contributed by atoms with E-state index in [0.29, 0.717) is 19.6 Å². The molecule has 3 amide bonds. The van der Waals surface area contributed by atoms with Crippen molar-refractivity contribution >= 4 is 18.1 Å². The van der Waals surface area contributed by atoms with Crippen LogP contribution in [0.15, 0.2) is 30.3 Å². The number of amides is 3. The molecule has 2 unspecified atom stereocenters. The molecule has 8 heteroatoms. The van der Waals surface area contributed by atoms with E-state index >= 15 is 0 Å². The highest BCUT2D eigenvalue weighted by Crippen LogP contribution is 2.37. The molecular formula is C24H34N2O6. The van der Waals surface area contributed by atoms with Gasteiger partial charge in [0.25, 0.3) is 0 Å². The molecular weight excluding hydrogens is 412 g/mol. The molecule has 2 fully saturated rings. The lowest BCUT2D eigenvalue weighted by molar-refractivity contribution is -0.144. The summed E-state index contributed by atoms with van der Waals surface area (Å²) in [5.41, 5.74) is -0.697. The van der Waals surface area contributed by atoms with Crippen molar-refractivity contribution in [3.63, 3.8) is 0 Å². The third-order valence-corrected chi connectivity index (χ3v) is 5.84. The van der Waals surface area contributed by atoms with Crippen LogP contribution in [-0.4, -0.2) is 65.8 Å². The van der Waals surface area contributed by atoms with Crippen LogP contribution in [0, 0.1) is 11.3 Å². The Labute approximate surface area is 189 Å². The second-order valence-corrected chi connectivity index (χ2v) is 9.97. The molecule has 2 atom stereocenters. The standard InChI is InChI=1S/C24H34N2O6/c1-17(2)19-14-31-22(29)26(19)20(27)24(16-30-13-18-9-7-6-8-10-18)11-12-25(15-24)21(28)32-23(3,4)5/h6-10,17,19H,11-16H2,1-5H3. The highest BCUT2D eigenvalue weighted by molar-refractivity contribution is 5.97. The summed E-state index contributed by atoms with van der Waals surface area (Å²) >= 11 is 0. The molecule has 2 aliphatic heterocycles. The first kappa shape index (κ1) is 24.0. The zero-order valence-electron chi connectivity index (χ0n) is 19.6. The van der Waals surface area contributed by atoms with Gasteiger partial charge in [-0.25, -0.2) is 14.5 Å². The molecule has 32 heavy (non-hydrogen) atoms. The van der Waals surface area contributed by atoms with Gasteiger partial charge in [0.05, 0.1) is 24.7 Å². The number of likely N-dealkylation sites (tertiary alicyclic amines) is 1. The van der Waals surface area contributed by atoms with Crippen molar-refractivity contribution in [3.05, 3.63) is 35.9 Å². The number of hydrogen-bond donors (Lipinski definition) is 0. The number of hydrogen-bond acceptors (Lipinski definition) is 6. The van der Waals surface area contributed by atoms with Gasteiger partial charge in [0, 0.05) is 13.1 Å². The van der Waals surface area contributed by atoms with Crippen LogP contribution in [-0.2, 0) is 25.6 Å². The fourth-order valence-corrected chi connectivity index (χ4v) is 4.06. The van der Waals surface area contributed by atoms with Gasteiger partial charge < -0.3 is 19.1 Å². The van der Waals surface area contributed by atoms with E-state index in [-0.39, 0.29) is 37.6 Å². The molecule has 1 aromatic rings. The minimum Gasteiger partial charge on any atom is -0.447 e. The van der Waals surface area contributed by atoms with Crippen molar-refractivity contribution in [1.29, 1.82) is 0 Å². The lowest BCUT2D eigenvalue weighted by atomic mass is 9.85. The minimum atomic E-state index is -1.04. The van der Waals surface area contributed by atoms with E-state index in [1.807, 2.05) is 44.2 Å². The van der Waals surface area contributed by atoms with E-state index in [0.717, 1.165) is 5.56 Å². The largest absolute Gasteiger partial charge is 0.447 e. The smallest absolute Gasteiger partial charge is 0.417 e. The molecule has 2 aliphatic rings. The molecule has 2 saturated heterocycles. The first-order valence-electron chi connectivity index (χ1n) is 11.1. The predicted octanol–water partition coefficient (Wildman–Crippen LogP) is 3.83. The number of carbonyl (C=O) groups is 3. The topological polar surface area (TPSA) is 85.4 Å². The molecule has 8 nitrogen and oxygen atoms in total. The van der Waals surface area contributed by atoms with Crippen molar-refractivity contribution < 1.29 is 28.6 Å². The Balaban J connectivity index is 1.80. The van der Waals surface area contributed by atoms with Gasteiger partial charge >= 0.3 is 12.2 Å². The van der Waals surface area contributed by atoms with E-state index in [1.54, 1.807) is 20.8 Å².